The molecule has 2 fully saturated rings. The summed E-state index contributed by atoms with van der Waals surface area (Å²) in [6.45, 7) is 5.48. The summed E-state index contributed by atoms with van der Waals surface area (Å²) in [5.74, 6) is 6.30. The zero-order valence-electron chi connectivity index (χ0n) is 14.1. The Labute approximate surface area is 146 Å². The largest absolute Gasteiger partial charge is 0.504 e. The molecule has 2 bridgehead atoms. The van der Waals surface area contributed by atoms with Crippen molar-refractivity contribution in [3.05, 3.63) is 35.9 Å². The highest BCUT2D eigenvalue weighted by Gasteiger charge is 2.72. The number of ether oxygens (including phenoxy) is 1. The average molecular weight is 341 g/mol. The molecule has 1 spiro atoms. The first-order valence-corrected chi connectivity index (χ1v) is 8.93. The number of nitrogens with zero attached hydrogens (tertiary/aromatic N) is 2. The standard InChI is InChI=1S/C19H23N3O3/c1-2-8-22-9-7-18-15-11-3-4-13(23)16(15)25-17(18)12(21-20)5-6-19(18,24)14(22)10-11/h2-4,14,17,23-24H,1,5-10,20H2/b21-12+/t14-,17+,18+,19-/m1/s1. The third-order valence-corrected chi connectivity index (χ3v) is 6.92. The van der Waals surface area contributed by atoms with E-state index in [1.807, 2.05) is 12.1 Å². The van der Waals surface area contributed by atoms with Crippen molar-refractivity contribution in [1.82, 2.24) is 4.90 Å². The van der Waals surface area contributed by atoms with Crippen LogP contribution in [-0.2, 0) is 11.8 Å². The summed E-state index contributed by atoms with van der Waals surface area (Å²) in [7, 11) is 0. The zero-order valence-corrected chi connectivity index (χ0v) is 14.1. The maximum atomic E-state index is 12.0. The van der Waals surface area contributed by atoms with Gasteiger partial charge in [-0.05, 0) is 37.3 Å². The fraction of sp³-hybridized carbons (Fsp3) is 0.526. The minimum atomic E-state index is -0.918. The molecule has 0 amide bonds. The smallest absolute Gasteiger partial charge is 0.166 e. The first-order valence-electron chi connectivity index (χ1n) is 8.93. The molecule has 2 aliphatic carbocycles. The van der Waals surface area contributed by atoms with Crippen LogP contribution in [0.5, 0.6) is 11.5 Å². The second-order valence-electron chi connectivity index (χ2n) is 7.72. The molecule has 5 rings (SSSR count). The molecule has 4 N–H and O–H groups in total. The molecule has 1 aromatic carbocycles. The molecule has 25 heavy (non-hydrogen) atoms. The number of phenols is 1. The molecule has 6 nitrogen and oxygen atoms in total. The minimum Gasteiger partial charge on any atom is -0.504 e. The fourth-order valence-electron chi connectivity index (χ4n) is 5.95. The van der Waals surface area contributed by atoms with Gasteiger partial charge in [0.1, 0.15) is 0 Å². The summed E-state index contributed by atoms with van der Waals surface area (Å²) in [4.78, 5) is 2.33. The lowest BCUT2D eigenvalue weighted by atomic mass is 9.49. The highest BCUT2D eigenvalue weighted by molar-refractivity contribution is 5.94. The van der Waals surface area contributed by atoms with Gasteiger partial charge >= 0.3 is 0 Å². The van der Waals surface area contributed by atoms with E-state index in [0.29, 0.717) is 18.6 Å². The van der Waals surface area contributed by atoms with Crippen molar-refractivity contribution < 1.29 is 14.9 Å². The fourth-order valence-corrected chi connectivity index (χ4v) is 5.95. The summed E-state index contributed by atoms with van der Waals surface area (Å²) in [6.07, 6.45) is 4.22. The van der Waals surface area contributed by atoms with E-state index >= 15 is 0 Å². The van der Waals surface area contributed by atoms with Gasteiger partial charge in [-0.25, -0.2) is 0 Å². The summed E-state index contributed by atoms with van der Waals surface area (Å²) in [5.41, 5.74) is 1.42. The monoisotopic (exact) mass is 341 g/mol. The van der Waals surface area contributed by atoms with Gasteiger partial charge < -0.3 is 20.8 Å². The topological polar surface area (TPSA) is 91.3 Å². The van der Waals surface area contributed by atoms with Crippen LogP contribution < -0.4 is 10.6 Å². The summed E-state index contributed by atoms with van der Waals surface area (Å²) < 4.78 is 6.21. The number of hydrogen-bond donors (Lipinski definition) is 3. The third kappa shape index (κ3) is 1.56. The first kappa shape index (κ1) is 15.2. The maximum absolute atomic E-state index is 12.0. The van der Waals surface area contributed by atoms with Gasteiger partial charge in [0.2, 0.25) is 0 Å². The number of rotatable bonds is 2. The van der Waals surface area contributed by atoms with Crippen molar-refractivity contribution >= 4 is 5.71 Å². The Morgan fingerprint density at radius 1 is 1.44 bits per heavy atom. The summed E-state index contributed by atoms with van der Waals surface area (Å²) >= 11 is 0. The lowest BCUT2D eigenvalue weighted by molar-refractivity contribution is -0.163. The Morgan fingerprint density at radius 3 is 3.04 bits per heavy atom. The van der Waals surface area contributed by atoms with Gasteiger partial charge in [-0.2, -0.15) is 5.10 Å². The first-order chi connectivity index (χ1) is 12.1. The second-order valence-corrected chi connectivity index (χ2v) is 7.72. The maximum Gasteiger partial charge on any atom is 0.166 e. The molecule has 0 aromatic heterocycles. The molecule has 6 heteroatoms. The number of hydrazone groups is 1. The van der Waals surface area contributed by atoms with E-state index in [4.69, 9.17) is 10.6 Å². The number of benzene rings is 1. The van der Waals surface area contributed by atoms with Crippen LogP contribution in [0, 0.1) is 0 Å². The predicted octanol–water partition coefficient (Wildman–Crippen LogP) is 1.05. The van der Waals surface area contributed by atoms with E-state index < -0.39 is 17.1 Å². The highest BCUT2D eigenvalue weighted by atomic mass is 16.5. The summed E-state index contributed by atoms with van der Waals surface area (Å²) in [5, 5.41) is 26.4. The van der Waals surface area contributed by atoms with E-state index in [0.717, 1.165) is 42.8 Å². The Balaban J connectivity index is 1.79. The van der Waals surface area contributed by atoms with Crippen molar-refractivity contribution in [1.29, 1.82) is 0 Å². The SMILES string of the molecule is C=CCN1CC[C@]23c4c5ccc(O)c4O[C@H]2/C(=N/N)CC[C@@]3(O)[C@H]1C5. The number of aliphatic hydroxyl groups is 1. The third-order valence-electron chi connectivity index (χ3n) is 6.92. The van der Waals surface area contributed by atoms with Crippen LogP contribution in [0.15, 0.2) is 29.9 Å². The molecule has 1 saturated carbocycles. The van der Waals surface area contributed by atoms with Crippen molar-refractivity contribution in [3.63, 3.8) is 0 Å². The van der Waals surface area contributed by atoms with Crippen LogP contribution in [0.4, 0.5) is 0 Å². The van der Waals surface area contributed by atoms with E-state index in [1.165, 1.54) is 0 Å². The molecule has 132 valence electrons. The zero-order chi connectivity index (χ0) is 17.4. The van der Waals surface area contributed by atoms with Crippen molar-refractivity contribution in [3.8, 4) is 11.5 Å². The minimum absolute atomic E-state index is 0.00710. The van der Waals surface area contributed by atoms with Crippen molar-refractivity contribution in [2.75, 3.05) is 13.1 Å². The molecule has 1 saturated heterocycles. The number of likely N-dealkylation sites (tertiary alicyclic amines) is 1. The molecule has 2 aliphatic heterocycles. The number of piperidine rings is 1. The second kappa shape index (κ2) is 4.77. The lowest BCUT2D eigenvalue weighted by Crippen LogP contribution is -2.76. The average Bonchev–Trinajstić information content (AvgIpc) is 2.95. The molecular formula is C19H23N3O3. The summed E-state index contributed by atoms with van der Waals surface area (Å²) in [6, 6.07) is 3.67. The van der Waals surface area contributed by atoms with E-state index in [1.54, 1.807) is 6.07 Å². The predicted molar refractivity (Wildman–Crippen MR) is 93.9 cm³/mol. The van der Waals surface area contributed by atoms with Crippen LogP contribution in [0.3, 0.4) is 0 Å². The van der Waals surface area contributed by atoms with Gasteiger partial charge in [-0.1, -0.05) is 12.1 Å². The number of hydrogen-bond acceptors (Lipinski definition) is 6. The van der Waals surface area contributed by atoms with Gasteiger partial charge in [0.15, 0.2) is 17.6 Å². The van der Waals surface area contributed by atoms with Gasteiger partial charge in [-0.15, -0.1) is 6.58 Å². The number of nitrogens with two attached hydrogens (primary N) is 1. The molecule has 4 atom stereocenters. The van der Waals surface area contributed by atoms with Gasteiger partial charge in [0, 0.05) is 24.7 Å². The van der Waals surface area contributed by atoms with Crippen LogP contribution in [0.25, 0.3) is 0 Å². The normalized spacial score (nSPS) is 39.8. The van der Waals surface area contributed by atoms with Crippen LogP contribution >= 0.6 is 0 Å². The van der Waals surface area contributed by atoms with Gasteiger partial charge in [0.05, 0.1) is 16.7 Å². The quantitative estimate of drug-likeness (QED) is 0.425. The lowest BCUT2D eigenvalue weighted by Gasteiger charge is -2.62. The van der Waals surface area contributed by atoms with Crippen LogP contribution in [-0.4, -0.2) is 51.7 Å². The Morgan fingerprint density at radius 2 is 2.28 bits per heavy atom. The molecule has 2 heterocycles. The molecule has 0 radical (unpaired) electrons. The highest BCUT2D eigenvalue weighted by Crippen LogP contribution is 2.64. The van der Waals surface area contributed by atoms with Crippen molar-refractivity contribution in [2.45, 2.75) is 48.8 Å². The molecule has 1 aromatic rings. The van der Waals surface area contributed by atoms with E-state index in [-0.39, 0.29) is 11.8 Å². The van der Waals surface area contributed by atoms with Crippen molar-refractivity contribution in [2.24, 2.45) is 10.9 Å². The Hall–Kier alpha value is -2.05. The van der Waals surface area contributed by atoms with E-state index in [9.17, 15) is 10.2 Å². The molecule has 4 aliphatic rings. The van der Waals surface area contributed by atoms with Crippen LogP contribution in [0.2, 0.25) is 0 Å². The van der Waals surface area contributed by atoms with E-state index in [2.05, 4.69) is 16.6 Å². The molecular weight excluding hydrogens is 318 g/mol. The number of phenolic OH excluding ortho intramolecular Hbond substituents is 1. The van der Waals surface area contributed by atoms with Crippen LogP contribution in [0.1, 0.15) is 30.4 Å². The van der Waals surface area contributed by atoms with Gasteiger partial charge in [-0.3, -0.25) is 4.90 Å². The molecule has 0 unspecified atom stereocenters. The number of aromatic hydroxyl groups is 1. The Kier molecular flexibility index (Phi) is 2.90. The Bertz CT molecular complexity index is 807. The van der Waals surface area contributed by atoms with Gasteiger partial charge in [0.25, 0.3) is 0 Å².